The molecule has 18 heavy (non-hydrogen) atoms. The van der Waals surface area contributed by atoms with Crippen LogP contribution in [0.1, 0.15) is 47.6 Å². The largest absolute Gasteiger partial charge is 0.477 e. The third kappa shape index (κ3) is 4.44. The number of hydrogen-bond donors (Lipinski definition) is 2. The summed E-state index contributed by atoms with van der Waals surface area (Å²) in [5.74, 6) is -1.02. The molecule has 0 saturated carbocycles. The van der Waals surface area contributed by atoms with Crippen LogP contribution in [-0.4, -0.2) is 22.0 Å². The summed E-state index contributed by atoms with van der Waals surface area (Å²) in [6.07, 6.45) is 0.434. The highest BCUT2D eigenvalue weighted by Gasteiger charge is 2.17. The number of carbonyl (C=O) groups is 2. The van der Waals surface area contributed by atoms with Crippen LogP contribution in [0.5, 0.6) is 0 Å². The Kier molecular flexibility index (Phi) is 4.45. The lowest BCUT2D eigenvalue weighted by Gasteiger charge is -2.16. The Morgan fingerprint density at radius 1 is 1.39 bits per heavy atom. The number of aryl methyl sites for hydroxylation is 1. The maximum atomic E-state index is 11.6. The number of carboxylic acid groups (broad SMARTS) is 1. The molecule has 1 amide bonds. The fraction of sp³-hybridized carbons (Fsp3) is 0.583. The minimum Gasteiger partial charge on any atom is -0.477 e. The normalized spacial score (nSPS) is 11.3. The zero-order valence-corrected chi connectivity index (χ0v) is 11.8. The van der Waals surface area contributed by atoms with Gasteiger partial charge in [0.15, 0.2) is 0 Å². The van der Waals surface area contributed by atoms with Crippen molar-refractivity contribution in [1.29, 1.82) is 0 Å². The molecule has 2 N–H and O–H groups in total. The highest BCUT2D eigenvalue weighted by Crippen LogP contribution is 2.19. The van der Waals surface area contributed by atoms with Crippen LogP contribution in [0.25, 0.3) is 0 Å². The summed E-state index contributed by atoms with van der Waals surface area (Å²) in [5, 5.41) is 12.3. The van der Waals surface area contributed by atoms with E-state index in [1.807, 2.05) is 20.8 Å². The molecular weight excluding hydrogens is 252 g/mol. The molecule has 0 unspecified atom stereocenters. The van der Waals surface area contributed by atoms with E-state index in [1.54, 1.807) is 6.92 Å². The van der Waals surface area contributed by atoms with Gasteiger partial charge in [0.05, 0.1) is 12.2 Å². The molecule has 0 aliphatic heterocycles. The fourth-order valence-corrected chi connectivity index (χ4v) is 2.29. The van der Waals surface area contributed by atoms with Gasteiger partial charge in [-0.25, -0.2) is 9.78 Å². The van der Waals surface area contributed by atoms with Gasteiger partial charge < -0.3 is 10.4 Å². The molecule has 1 aromatic rings. The van der Waals surface area contributed by atoms with Crippen molar-refractivity contribution in [2.45, 2.75) is 40.7 Å². The Morgan fingerprint density at radius 2 is 2.00 bits per heavy atom. The molecule has 0 saturated heterocycles. The van der Waals surface area contributed by atoms with Crippen molar-refractivity contribution in [1.82, 2.24) is 10.3 Å². The molecule has 5 nitrogen and oxygen atoms in total. The van der Waals surface area contributed by atoms with Crippen molar-refractivity contribution < 1.29 is 14.7 Å². The molecule has 0 aliphatic carbocycles. The molecule has 0 aliphatic rings. The molecule has 100 valence electrons. The summed E-state index contributed by atoms with van der Waals surface area (Å²) in [6.45, 7) is 7.90. The second-order valence-electron chi connectivity index (χ2n) is 5.34. The number of nitrogens with one attached hydrogen (secondary N) is 1. The van der Waals surface area contributed by atoms with Crippen molar-refractivity contribution >= 4 is 23.2 Å². The van der Waals surface area contributed by atoms with E-state index in [9.17, 15) is 9.59 Å². The van der Waals surface area contributed by atoms with Gasteiger partial charge >= 0.3 is 5.97 Å². The van der Waals surface area contributed by atoms with Crippen molar-refractivity contribution in [2.24, 2.45) is 5.41 Å². The van der Waals surface area contributed by atoms with Crippen molar-refractivity contribution in [2.75, 3.05) is 0 Å². The predicted molar refractivity (Wildman–Crippen MR) is 69.7 cm³/mol. The Balaban J connectivity index is 2.57. The maximum Gasteiger partial charge on any atom is 0.347 e. The van der Waals surface area contributed by atoms with Crippen LogP contribution in [0.15, 0.2) is 0 Å². The second kappa shape index (κ2) is 5.48. The SMILES string of the molecule is Cc1nc(CNC(=O)CC(C)(C)C)sc1C(=O)O. The molecule has 0 aromatic carbocycles. The first kappa shape index (κ1) is 14.6. The number of aromatic carboxylic acids is 1. The number of thiazole rings is 1. The van der Waals surface area contributed by atoms with Crippen LogP contribution in [0.4, 0.5) is 0 Å². The van der Waals surface area contributed by atoms with Crippen LogP contribution in [-0.2, 0) is 11.3 Å². The maximum absolute atomic E-state index is 11.6. The lowest BCUT2D eigenvalue weighted by atomic mass is 9.92. The average Bonchev–Trinajstić information content (AvgIpc) is 2.54. The van der Waals surface area contributed by atoms with Crippen LogP contribution in [0.2, 0.25) is 0 Å². The summed E-state index contributed by atoms with van der Waals surface area (Å²) in [4.78, 5) is 26.8. The predicted octanol–water partition coefficient (Wildman–Crippen LogP) is 2.20. The topological polar surface area (TPSA) is 79.3 Å². The first-order valence-electron chi connectivity index (χ1n) is 5.65. The zero-order valence-electron chi connectivity index (χ0n) is 11.0. The molecule has 0 atom stereocenters. The Labute approximate surface area is 110 Å². The number of carboxylic acids is 1. The number of aromatic nitrogens is 1. The van der Waals surface area contributed by atoms with E-state index < -0.39 is 5.97 Å². The highest BCUT2D eigenvalue weighted by molar-refractivity contribution is 7.13. The van der Waals surface area contributed by atoms with Gasteiger partial charge in [-0.1, -0.05) is 20.8 Å². The monoisotopic (exact) mass is 270 g/mol. The van der Waals surface area contributed by atoms with Crippen molar-refractivity contribution in [3.63, 3.8) is 0 Å². The van der Waals surface area contributed by atoms with Gasteiger partial charge in [0.1, 0.15) is 9.88 Å². The molecule has 6 heteroatoms. The third-order valence-corrected chi connectivity index (χ3v) is 3.31. The summed E-state index contributed by atoms with van der Waals surface area (Å²) >= 11 is 1.10. The molecule has 0 spiro atoms. The lowest BCUT2D eigenvalue weighted by Crippen LogP contribution is -2.27. The van der Waals surface area contributed by atoms with Gasteiger partial charge in [-0.2, -0.15) is 0 Å². The van der Waals surface area contributed by atoms with Crippen LogP contribution in [0, 0.1) is 12.3 Å². The smallest absolute Gasteiger partial charge is 0.347 e. The van der Waals surface area contributed by atoms with E-state index in [1.165, 1.54) is 0 Å². The summed E-state index contributed by atoms with van der Waals surface area (Å²) in [5.41, 5.74) is 0.433. The fourth-order valence-electron chi connectivity index (χ4n) is 1.44. The van der Waals surface area contributed by atoms with Gasteiger partial charge in [-0.3, -0.25) is 4.79 Å². The first-order chi connectivity index (χ1) is 8.19. The minimum atomic E-state index is -0.975. The summed E-state index contributed by atoms with van der Waals surface area (Å²) < 4.78 is 0. The van der Waals surface area contributed by atoms with E-state index in [4.69, 9.17) is 5.11 Å². The van der Waals surface area contributed by atoms with E-state index in [0.717, 1.165) is 11.3 Å². The van der Waals surface area contributed by atoms with Crippen LogP contribution < -0.4 is 5.32 Å². The van der Waals surface area contributed by atoms with Gasteiger partial charge in [0, 0.05) is 6.42 Å². The molecule has 0 bridgehead atoms. The Bertz CT molecular complexity index is 460. The van der Waals surface area contributed by atoms with Crippen LogP contribution >= 0.6 is 11.3 Å². The molecular formula is C12H18N2O3S. The van der Waals surface area contributed by atoms with E-state index in [0.29, 0.717) is 17.1 Å². The second-order valence-corrected chi connectivity index (χ2v) is 6.43. The van der Waals surface area contributed by atoms with E-state index in [-0.39, 0.29) is 22.7 Å². The standard InChI is InChI=1S/C12H18N2O3S/c1-7-10(11(16)17)18-9(14-7)6-13-8(15)5-12(2,3)4/h5-6H2,1-4H3,(H,13,15)(H,16,17). The Hall–Kier alpha value is -1.43. The summed E-state index contributed by atoms with van der Waals surface area (Å²) in [6, 6.07) is 0. The quantitative estimate of drug-likeness (QED) is 0.879. The number of rotatable bonds is 4. The first-order valence-corrected chi connectivity index (χ1v) is 6.47. The average molecular weight is 270 g/mol. The van der Waals surface area contributed by atoms with Gasteiger partial charge in [0.25, 0.3) is 0 Å². The molecule has 1 heterocycles. The number of hydrogen-bond acceptors (Lipinski definition) is 4. The molecule has 1 aromatic heterocycles. The van der Waals surface area contributed by atoms with Gasteiger partial charge in [-0.05, 0) is 12.3 Å². The van der Waals surface area contributed by atoms with Crippen molar-refractivity contribution in [3.8, 4) is 0 Å². The van der Waals surface area contributed by atoms with Crippen molar-refractivity contribution in [3.05, 3.63) is 15.6 Å². The number of amides is 1. The van der Waals surface area contributed by atoms with Crippen LogP contribution in [0.3, 0.4) is 0 Å². The number of carbonyl (C=O) groups excluding carboxylic acids is 1. The van der Waals surface area contributed by atoms with E-state index in [2.05, 4.69) is 10.3 Å². The lowest BCUT2D eigenvalue weighted by molar-refractivity contribution is -0.122. The summed E-state index contributed by atoms with van der Waals surface area (Å²) in [7, 11) is 0. The van der Waals surface area contributed by atoms with E-state index >= 15 is 0 Å². The Morgan fingerprint density at radius 3 is 2.44 bits per heavy atom. The van der Waals surface area contributed by atoms with Gasteiger partial charge in [0.2, 0.25) is 5.91 Å². The minimum absolute atomic E-state index is 0.0489. The number of nitrogens with zero attached hydrogens (tertiary/aromatic N) is 1. The molecule has 0 fully saturated rings. The molecule has 0 radical (unpaired) electrons. The zero-order chi connectivity index (χ0) is 13.9. The highest BCUT2D eigenvalue weighted by atomic mass is 32.1. The van der Waals surface area contributed by atoms with Gasteiger partial charge in [-0.15, -0.1) is 11.3 Å². The third-order valence-electron chi connectivity index (χ3n) is 2.16. The molecule has 1 rings (SSSR count).